The number of nitriles is 1. The largest absolute Gasteiger partial charge is 0.494 e. The second kappa shape index (κ2) is 6.44. The molecule has 158 valence electrons. The van der Waals surface area contributed by atoms with Crippen molar-refractivity contribution in [1.82, 2.24) is 15.1 Å². The van der Waals surface area contributed by atoms with Crippen LogP contribution in [0.3, 0.4) is 0 Å². The molecule has 30 heavy (non-hydrogen) atoms. The van der Waals surface area contributed by atoms with Gasteiger partial charge in [0.15, 0.2) is 11.6 Å². The quantitative estimate of drug-likeness (QED) is 0.824. The van der Waals surface area contributed by atoms with E-state index in [0.29, 0.717) is 22.5 Å². The molecule has 2 aliphatic carbocycles. The van der Waals surface area contributed by atoms with Crippen LogP contribution < -0.4 is 4.74 Å². The van der Waals surface area contributed by atoms with Crippen LogP contribution in [0.5, 0.6) is 5.75 Å². The number of carbonyl (C=O) groups excluding carboxylic acids is 1. The number of hydrogen-bond donors (Lipinski definition) is 1. The van der Waals surface area contributed by atoms with Gasteiger partial charge in [-0.15, -0.1) is 0 Å². The molecular weight excluding hydrogens is 383 g/mol. The molecule has 1 aromatic carbocycles. The van der Waals surface area contributed by atoms with Crippen molar-refractivity contribution in [2.45, 2.75) is 69.9 Å². The van der Waals surface area contributed by atoms with Crippen molar-refractivity contribution in [3.63, 3.8) is 0 Å². The molecule has 4 bridgehead atoms. The van der Waals surface area contributed by atoms with E-state index in [1.165, 1.54) is 7.11 Å². The van der Waals surface area contributed by atoms with Gasteiger partial charge in [0.05, 0.1) is 35.2 Å². The Morgan fingerprint density at radius 3 is 2.70 bits per heavy atom. The van der Waals surface area contributed by atoms with Gasteiger partial charge in [-0.3, -0.25) is 9.89 Å². The molecule has 2 atom stereocenters. The Balaban J connectivity index is 1.43. The minimum absolute atomic E-state index is 0.0907. The second-order valence-electron chi connectivity index (χ2n) is 10.1. The number of aromatic amines is 1. The average Bonchev–Trinajstić information content (AvgIpc) is 3.13. The van der Waals surface area contributed by atoms with E-state index in [2.05, 4.69) is 21.2 Å². The number of rotatable bonds is 4. The highest BCUT2D eigenvalue weighted by atomic mass is 19.1. The standard InChI is InChI=1S/C23H27FN4O2/c1-22(2,21-19-16(26-27-21)4-5-17(30-3)20(19)24)11-18(29)28-14-6-13-7-15(28)10-23(8-13,9-14)12-25/h4-5,13-15H,6-11H2,1-3H3,(H,26,27). The Labute approximate surface area is 175 Å². The number of H-pyrrole nitrogens is 1. The van der Waals surface area contributed by atoms with Crippen molar-refractivity contribution < 1.29 is 13.9 Å². The van der Waals surface area contributed by atoms with Crippen LogP contribution in [-0.2, 0) is 10.2 Å². The predicted octanol–water partition coefficient (Wildman–Crippen LogP) is 4.06. The first kappa shape index (κ1) is 19.3. The van der Waals surface area contributed by atoms with Crippen molar-refractivity contribution >= 4 is 16.8 Å². The first-order chi connectivity index (χ1) is 14.3. The number of fused-ring (bicyclic) bond motifs is 1. The van der Waals surface area contributed by atoms with Crippen LogP contribution in [0.15, 0.2) is 12.1 Å². The molecule has 4 fully saturated rings. The zero-order valence-corrected chi connectivity index (χ0v) is 17.7. The number of nitrogens with one attached hydrogen (secondary N) is 1. The van der Waals surface area contributed by atoms with Crippen LogP contribution >= 0.6 is 0 Å². The number of carbonyl (C=O) groups is 1. The van der Waals surface area contributed by atoms with E-state index < -0.39 is 11.2 Å². The predicted molar refractivity (Wildman–Crippen MR) is 109 cm³/mol. The van der Waals surface area contributed by atoms with Crippen molar-refractivity contribution in [1.29, 1.82) is 5.26 Å². The lowest BCUT2D eigenvalue weighted by molar-refractivity contribution is -0.154. The number of hydrogen-bond acceptors (Lipinski definition) is 4. The van der Waals surface area contributed by atoms with Crippen molar-refractivity contribution in [3.05, 3.63) is 23.6 Å². The fraction of sp³-hybridized carbons (Fsp3) is 0.609. The van der Waals surface area contributed by atoms with E-state index >= 15 is 0 Å². The van der Waals surface area contributed by atoms with Crippen LogP contribution in [0.25, 0.3) is 10.9 Å². The topological polar surface area (TPSA) is 82.0 Å². The average molecular weight is 410 g/mol. The maximum Gasteiger partial charge on any atom is 0.224 e. The molecule has 2 saturated carbocycles. The molecule has 2 unspecified atom stereocenters. The number of methoxy groups -OCH3 is 1. The van der Waals surface area contributed by atoms with Crippen LogP contribution in [0.2, 0.25) is 0 Å². The van der Waals surface area contributed by atoms with E-state index in [4.69, 9.17) is 4.74 Å². The number of benzene rings is 1. The number of ether oxygens (including phenoxy) is 1. The molecule has 0 radical (unpaired) electrons. The SMILES string of the molecule is COc1ccc2n[nH]c(C(C)(C)CC(=O)N3C4CC5CC3CC(C#N)(C5)C4)c2c1F. The van der Waals surface area contributed by atoms with Gasteiger partial charge in [0.25, 0.3) is 0 Å². The van der Waals surface area contributed by atoms with Crippen LogP contribution in [0.1, 0.15) is 58.1 Å². The normalized spacial score (nSPS) is 30.0. The second-order valence-corrected chi connectivity index (χ2v) is 10.1. The van der Waals surface area contributed by atoms with E-state index in [-0.39, 0.29) is 35.6 Å². The summed E-state index contributed by atoms with van der Waals surface area (Å²) in [6.45, 7) is 3.90. The molecule has 6 rings (SSSR count). The molecule has 1 aromatic heterocycles. The monoisotopic (exact) mass is 410 g/mol. The smallest absolute Gasteiger partial charge is 0.224 e. The Morgan fingerprint density at radius 1 is 1.37 bits per heavy atom. The van der Waals surface area contributed by atoms with Gasteiger partial charge in [-0.1, -0.05) is 13.8 Å². The van der Waals surface area contributed by atoms with E-state index in [1.54, 1.807) is 12.1 Å². The lowest BCUT2D eigenvalue weighted by Crippen LogP contribution is -2.63. The minimum Gasteiger partial charge on any atom is -0.494 e. The number of piperidine rings is 2. The summed E-state index contributed by atoms with van der Waals surface area (Å²) in [6, 6.07) is 6.18. The van der Waals surface area contributed by atoms with Gasteiger partial charge < -0.3 is 9.64 Å². The zero-order valence-electron chi connectivity index (χ0n) is 17.7. The molecule has 0 spiro atoms. The van der Waals surface area contributed by atoms with E-state index in [1.807, 2.05) is 13.8 Å². The minimum atomic E-state index is -0.624. The van der Waals surface area contributed by atoms with Gasteiger partial charge in [-0.25, -0.2) is 4.39 Å². The highest BCUT2D eigenvalue weighted by Crippen LogP contribution is 2.56. The van der Waals surface area contributed by atoms with Gasteiger partial charge in [0.2, 0.25) is 5.91 Å². The lowest BCUT2D eigenvalue weighted by atomic mass is 9.56. The highest BCUT2D eigenvalue weighted by molar-refractivity contribution is 5.86. The summed E-state index contributed by atoms with van der Waals surface area (Å²) in [6.07, 6.45) is 4.85. The number of nitrogens with zero attached hydrogens (tertiary/aromatic N) is 3. The Hall–Kier alpha value is -2.62. The molecule has 6 nitrogen and oxygen atoms in total. The van der Waals surface area contributed by atoms with Crippen LogP contribution in [0.4, 0.5) is 4.39 Å². The summed E-state index contributed by atoms with van der Waals surface area (Å²) in [5.74, 6) is 0.370. The Kier molecular flexibility index (Phi) is 4.15. The number of aromatic nitrogens is 2. The summed E-state index contributed by atoms with van der Waals surface area (Å²) < 4.78 is 20.1. The summed E-state index contributed by atoms with van der Waals surface area (Å²) in [5.41, 5.74) is 0.276. The molecule has 2 saturated heterocycles. The van der Waals surface area contributed by atoms with Gasteiger partial charge in [0.1, 0.15) is 0 Å². The number of halogens is 1. The van der Waals surface area contributed by atoms with E-state index in [9.17, 15) is 14.4 Å². The van der Waals surface area contributed by atoms with Crippen molar-refractivity contribution in [2.24, 2.45) is 11.3 Å². The summed E-state index contributed by atoms with van der Waals surface area (Å²) in [7, 11) is 1.44. The fourth-order valence-electron chi connectivity index (χ4n) is 6.42. The third-order valence-corrected chi connectivity index (χ3v) is 7.57. The summed E-state index contributed by atoms with van der Waals surface area (Å²) in [5, 5.41) is 17.3. The molecule has 1 amide bonds. The molecule has 1 N–H and O–H groups in total. The molecule has 7 heteroatoms. The fourth-order valence-corrected chi connectivity index (χ4v) is 6.42. The first-order valence-corrected chi connectivity index (χ1v) is 10.7. The summed E-state index contributed by atoms with van der Waals surface area (Å²) >= 11 is 0. The Bertz CT molecular complexity index is 1050. The molecule has 2 aliphatic heterocycles. The van der Waals surface area contributed by atoms with Crippen molar-refractivity contribution in [3.8, 4) is 11.8 Å². The first-order valence-electron chi connectivity index (χ1n) is 10.7. The van der Waals surface area contributed by atoms with Crippen LogP contribution in [-0.4, -0.2) is 40.2 Å². The molecule has 4 aliphatic rings. The maximum absolute atomic E-state index is 15.0. The maximum atomic E-state index is 15.0. The third-order valence-electron chi connectivity index (χ3n) is 7.57. The molecule has 2 aromatic rings. The Morgan fingerprint density at radius 2 is 2.07 bits per heavy atom. The van der Waals surface area contributed by atoms with Gasteiger partial charge in [-0.05, 0) is 50.2 Å². The van der Waals surface area contributed by atoms with Gasteiger partial charge in [0, 0.05) is 23.9 Å². The third kappa shape index (κ3) is 2.73. The molecule has 3 heterocycles. The summed E-state index contributed by atoms with van der Waals surface area (Å²) in [4.78, 5) is 15.5. The molecular formula is C23H27FN4O2. The lowest BCUT2D eigenvalue weighted by Gasteiger charge is -2.59. The zero-order chi connectivity index (χ0) is 21.3. The van der Waals surface area contributed by atoms with Gasteiger partial charge in [-0.2, -0.15) is 10.4 Å². The van der Waals surface area contributed by atoms with Crippen molar-refractivity contribution in [2.75, 3.05) is 7.11 Å². The van der Waals surface area contributed by atoms with Crippen LogP contribution in [0, 0.1) is 28.5 Å². The number of amides is 1. The van der Waals surface area contributed by atoms with E-state index in [0.717, 1.165) is 32.1 Å². The van der Waals surface area contributed by atoms with Gasteiger partial charge >= 0.3 is 0 Å². The highest BCUT2D eigenvalue weighted by Gasteiger charge is 2.56.